The number of carboxylic acids is 1. The van der Waals surface area contributed by atoms with Gasteiger partial charge in [0.15, 0.2) is 0 Å². The van der Waals surface area contributed by atoms with Crippen LogP contribution in [-0.4, -0.2) is 22.6 Å². The van der Waals surface area contributed by atoms with E-state index in [4.69, 9.17) is 5.11 Å². The van der Waals surface area contributed by atoms with Crippen molar-refractivity contribution in [2.45, 2.75) is 6.42 Å². The van der Waals surface area contributed by atoms with Crippen molar-refractivity contribution in [3.63, 3.8) is 0 Å². The van der Waals surface area contributed by atoms with Crippen LogP contribution < -0.4 is 5.43 Å². The van der Waals surface area contributed by atoms with E-state index in [1.165, 1.54) is 0 Å². The van der Waals surface area contributed by atoms with Crippen molar-refractivity contribution in [2.75, 3.05) is 6.54 Å². The first-order valence-corrected chi connectivity index (χ1v) is 4.13. The fourth-order valence-electron chi connectivity index (χ4n) is 1.37. The summed E-state index contributed by atoms with van der Waals surface area (Å²) in [5.41, 5.74) is 3.96. The van der Waals surface area contributed by atoms with Crippen LogP contribution in [0.2, 0.25) is 0 Å². The van der Waals surface area contributed by atoms with Gasteiger partial charge in [-0.2, -0.15) is 0 Å². The van der Waals surface area contributed by atoms with Crippen molar-refractivity contribution in [3.05, 3.63) is 35.7 Å². The van der Waals surface area contributed by atoms with Gasteiger partial charge in [0, 0.05) is 6.54 Å². The van der Waals surface area contributed by atoms with Crippen LogP contribution in [0, 0.1) is 0 Å². The minimum absolute atomic E-state index is 0.238. The lowest BCUT2D eigenvalue weighted by molar-refractivity contribution is -0.133. The van der Waals surface area contributed by atoms with E-state index >= 15 is 0 Å². The number of hydrazine groups is 1. The minimum Gasteiger partial charge on any atom is -0.477 e. The van der Waals surface area contributed by atoms with E-state index < -0.39 is 5.97 Å². The third kappa shape index (κ3) is 1.42. The highest BCUT2D eigenvalue weighted by molar-refractivity contribution is 5.87. The van der Waals surface area contributed by atoms with Crippen molar-refractivity contribution in [1.82, 2.24) is 10.4 Å². The number of fused-ring (bicyclic) bond motifs is 1. The molecule has 0 atom stereocenters. The quantitative estimate of drug-likeness (QED) is 0.618. The van der Waals surface area contributed by atoms with Crippen LogP contribution in [0.5, 0.6) is 0 Å². The molecular formula is C9H10N2O2. The highest BCUT2D eigenvalue weighted by atomic mass is 16.4. The molecule has 0 radical (unpaired) electrons. The highest BCUT2D eigenvalue weighted by Crippen LogP contribution is 2.17. The number of nitrogens with one attached hydrogen (secondary N) is 1. The average molecular weight is 178 g/mol. The fraction of sp³-hybridized carbons (Fsp3) is 0.222. The Bertz CT molecular complexity index is 329. The van der Waals surface area contributed by atoms with Gasteiger partial charge in [-0.1, -0.05) is 12.2 Å². The molecule has 0 saturated carbocycles. The summed E-state index contributed by atoms with van der Waals surface area (Å²) in [5, 5.41) is 10.6. The normalized spacial score (nSPS) is 19.8. The molecule has 0 fully saturated rings. The Morgan fingerprint density at radius 2 is 2.46 bits per heavy atom. The van der Waals surface area contributed by atoms with E-state index in [9.17, 15) is 4.79 Å². The number of carboxylic acid groups (broad SMARTS) is 1. The van der Waals surface area contributed by atoms with Gasteiger partial charge < -0.3 is 5.11 Å². The van der Waals surface area contributed by atoms with Crippen LogP contribution in [0.25, 0.3) is 0 Å². The van der Waals surface area contributed by atoms with Crippen LogP contribution in [0.4, 0.5) is 0 Å². The summed E-state index contributed by atoms with van der Waals surface area (Å²) >= 11 is 0. The summed E-state index contributed by atoms with van der Waals surface area (Å²) in [6.07, 6.45) is 8.46. The number of hydrogen-bond donors (Lipinski definition) is 2. The van der Waals surface area contributed by atoms with Gasteiger partial charge in [0.1, 0.15) is 5.70 Å². The summed E-state index contributed by atoms with van der Waals surface area (Å²) in [6, 6.07) is 0. The summed E-state index contributed by atoms with van der Waals surface area (Å²) in [7, 11) is 0. The molecule has 2 rings (SSSR count). The van der Waals surface area contributed by atoms with Gasteiger partial charge >= 0.3 is 5.97 Å². The Balaban J connectivity index is 2.25. The number of carbonyl (C=O) groups is 1. The third-order valence-electron chi connectivity index (χ3n) is 2.01. The minimum atomic E-state index is -0.919. The standard InChI is InChI=1S/C9H10N2O2/c12-9(13)8-6-7-4-2-1-3-5-11(7)10-8/h1-2,4,6,10H,3,5H2,(H,12,13). The van der Waals surface area contributed by atoms with E-state index in [0.29, 0.717) is 0 Å². The van der Waals surface area contributed by atoms with Gasteiger partial charge in [-0.05, 0) is 18.6 Å². The Morgan fingerprint density at radius 1 is 1.62 bits per heavy atom. The van der Waals surface area contributed by atoms with E-state index in [-0.39, 0.29) is 5.70 Å². The van der Waals surface area contributed by atoms with Crippen LogP contribution in [-0.2, 0) is 4.79 Å². The zero-order valence-electron chi connectivity index (χ0n) is 7.03. The van der Waals surface area contributed by atoms with Gasteiger partial charge in [0.25, 0.3) is 0 Å². The number of rotatable bonds is 1. The number of aliphatic carboxylic acids is 1. The van der Waals surface area contributed by atoms with Crippen molar-refractivity contribution in [3.8, 4) is 0 Å². The molecule has 2 aliphatic rings. The molecule has 0 bridgehead atoms. The SMILES string of the molecule is O=C(O)C1=CC2=CC=CCCN2N1. The second kappa shape index (κ2) is 2.97. The molecule has 0 spiro atoms. The molecular weight excluding hydrogens is 168 g/mol. The van der Waals surface area contributed by atoms with Crippen LogP contribution in [0.15, 0.2) is 35.7 Å². The maximum absolute atomic E-state index is 10.6. The first-order valence-electron chi connectivity index (χ1n) is 4.13. The molecule has 0 aromatic carbocycles. The Morgan fingerprint density at radius 3 is 3.23 bits per heavy atom. The predicted octanol–water partition coefficient (Wildman–Crippen LogP) is 0.619. The van der Waals surface area contributed by atoms with Gasteiger partial charge in [-0.15, -0.1) is 0 Å². The molecule has 4 nitrogen and oxygen atoms in total. The van der Waals surface area contributed by atoms with Crippen LogP contribution >= 0.6 is 0 Å². The molecule has 68 valence electrons. The van der Waals surface area contributed by atoms with Gasteiger partial charge in [0.05, 0.1) is 5.70 Å². The van der Waals surface area contributed by atoms with Crippen molar-refractivity contribution < 1.29 is 9.90 Å². The molecule has 0 aliphatic carbocycles. The van der Waals surface area contributed by atoms with Gasteiger partial charge in [-0.25, -0.2) is 4.79 Å². The van der Waals surface area contributed by atoms with E-state index in [0.717, 1.165) is 18.7 Å². The monoisotopic (exact) mass is 178 g/mol. The first-order chi connectivity index (χ1) is 6.27. The number of hydrogen-bond acceptors (Lipinski definition) is 3. The van der Waals surface area contributed by atoms with E-state index in [1.807, 2.05) is 17.2 Å². The zero-order valence-corrected chi connectivity index (χ0v) is 7.03. The van der Waals surface area contributed by atoms with Crippen LogP contribution in [0.3, 0.4) is 0 Å². The van der Waals surface area contributed by atoms with E-state index in [1.54, 1.807) is 6.08 Å². The van der Waals surface area contributed by atoms with Crippen molar-refractivity contribution >= 4 is 5.97 Å². The molecule has 4 heteroatoms. The summed E-state index contributed by atoms with van der Waals surface area (Å²) in [5.74, 6) is -0.919. The second-order valence-electron chi connectivity index (χ2n) is 2.93. The lowest BCUT2D eigenvalue weighted by Crippen LogP contribution is -2.33. The summed E-state index contributed by atoms with van der Waals surface area (Å²) in [6.45, 7) is 0.801. The Labute approximate surface area is 75.8 Å². The van der Waals surface area contributed by atoms with Gasteiger partial charge in [0.2, 0.25) is 0 Å². The van der Waals surface area contributed by atoms with Crippen LogP contribution in [0.1, 0.15) is 6.42 Å². The third-order valence-corrected chi connectivity index (χ3v) is 2.01. The topological polar surface area (TPSA) is 52.6 Å². The molecule has 2 N–H and O–H groups in total. The fourth-order valence-corrected chi connectivity index (χ4v) is 1.37. The first kappa shape index (κ1) is 7.91. The smallest absolute Gasteiger partial charge is 0.353 e. The number of nitrogens with zero attached hydrogens (tertiary/aromatic N) is 1. The van der Waals surface area contributed by atoms with E-state index in [2.05, 4.69) is 11.5 Å². The molecule has 0 amide bonds. The molecule has 0 saturated heterocycles. The molecule has 13 heavy (non-hydrogen) atoms. The van der Waals surface area contributed by atoms with Gasteiger partial charge in [-0.3, -0.25) is 10.4 Å². The lowest BCUT2D eigenvalue weighted by Gasteiger charge is -2.18. The van der Waals surface area contributed by atoms with Crippen molar-refractivity contribution in [2.24, 2.45) is 0 Å². The maximum atomic E-state index is 10.6. The molecule has 2 heterocycles. The second-order valence-corrected chi connectivity index (χ2v) is 2.93. The molecule has 0 unspecified atom stereocenters. The average Bonchev–Trinajstić information content (AvgIpc) is 2.38. The molecule has 0 aromatic rings. The molecule has 0 aromatic heterocycles. The Kier molecular flexibility index (Phi) is 1.81. The lowest BCUT2D eigenvalue weighted by atomic mass is 10.3. The summed E-state index contributed by atoms with van der Waals surface area (Å²) in [4.78, 5) is 10.6. The summed E-state index contributed by atoms with van der Waals surface area (Å²) < 4.78 is 0. The molecule has 2 aliphatic heterocycles. The van der Waals surface area contributed by atoms with Crippen molar-refractivity contribution in [1.29, 1.82) is 0 Å². The Hall–Kier alpha value is -1.71. The number of allylic oxidation sites excluding steroid dienone is 3. The predicted molar refractivity (Wildman–Crippen MR) is 47.4 cm³/mol. The highest BCUT2D eigenvalue weighted by Gasteiger charge is 2.21. The zero-order chi connectivity index (χ0) is 9.26. The largest absolute Gasteiger partial charge is 0.477 e. The maximum Gasteiger partial charge on any atom is 0.353 e.